The minimum Gasteiger partial charge on any atom is -0.495 e. The van der Waals surface area contributed by atoms with Crippen molar-refractivity contribution < 1.29 is 23.7 Å². The van der Waals surface area contributed by atoms with Crippen molar-refractivity contribution in [2.24, 2.45) is 0 Å². The third kappa shape index (κ3) is 6.50. The van der Waals surface area contributed by atoms with E-state index in [1.54, 1.807) is 63.9 Å². The first-order valence-electron chi connectivity index (χ1n) is 10.5. The summed E-state index contributed by atoms with van der Waals surface area (Å²) >= 11 is 12.3. The predicted molar refractivity (Wildman–Crippen MR) is 142 cm³/mol. The van der Waals surface area contributed by atoms with E-state index in [-0.39, 0.29) is 5.78 Å². The molecule has 3 aromatic carbocycles. The highest BCUT2D eigenvalue weighted by Gasteiger charge is 2.13. The maximum atomic E-state index is 12.5. The molecule has 0 amide bonds. The Morgan fingerprint density at radius 3 is 2.11 bits per heavy atom. The highest BCUT2D eigenvalue weighted by molar-refractivity contribution is 6.32. The van der Waals surface area contributed by atoms with E-state index in [1.165, 1.54) is 13.2 Å². The standard InChI is InChI=1S/C27H25Cl2NO5/c1-32-24-16-22(30-11-10-23(31)19-6-5-7-20(28)14-19)18(15-21(24)29)9-8-17-12-25(33-2)27(35-4)26(13-17)34-3/h5-16,30H,1-4H3/b9-8-,11-10-. The van der Waals surface area contributed by atoms with Crippen molar-refractivity contribution in [3.63, 3.8) is 0 Å². The molecule has 0 saturated heterocycles. The largest absolute Gasteiger partial charge is 0.495 e. The van der Waals surface area contributed by atoms with E-state index in [2.05, 4.69) is 5.32 Å². The molecule has 6 nitrogen and oxygen atoms in total. The second-order valence-electron chi connectivity index (χ2n) is 7.22. The SMILES string of the molecule is COc1cc(N/C=C\C(=O)c2cccc(Cl)c2)c(/C=C\c2cc(OC)c(OC)c(OC)c2)cc1Cl. The molecule has 0 atom stereocenters. The van der Waals surface area contributed by atoms with E-state index >= 15 is 0 Å². The van der Waals surface area contributed by atoms with Gasteiger partial charge in [-0.3, -0.25) is 4.79 Å². The van der Waals surface area contributed by atoms with Gasteiger partial charge >= 0.3 is 0 Å². The van der Waals surface area contributed by atoms with Gasteiger partial charge < -0.3 is 24.3 Å². The molecule has 0 heterocycles. The Balaban J connectivity index is 1.91. The van der Waals surface area contributed by atoms with Gasteiger partial charge in [-0.05, 0) is 41.5 Å². The first-order chi connectivity index (χ1) is 16.9. The minimum absolute atomic E-state index is 0.185. The highest BCUT2D eigenvalue weighted by atomic mass is 35.5. The van der Waals surface area contributed by atoms with Gasteiger partial charge in [0.15, 0.2) is 17.3 Å². The first kappa shape index (κ1) is 26.0. The van der Waals surface area contributed by atoms with Crippen LogP contribution in [0.3, 0.4) is 0 Å². The number of halogens is 2. The Bertz CT molecular complexity index is 1250. The van der Waals surface area contributed by atoms with E-state index in [0.717, 1.165) is 11.1 Å². The maximum absolute atomic E-state index is 12.5. The fourth-order valence-corrected chi connectivity index (χ4v) is 3.76. The number of rotatable bonds is 10. The summed E-state index contributed by atoms with van der Waals surface area (Å²) in [5, 5.41) is 4.08. The summed E-state index contributed by atoms with van der Waals surface area (Å²) in [6.45, 7) is 0. The van der Waals surface area contributed by atoms with E-state index in [0.29, 0.717) is 44.3 Å². The zero-order chi connectivity index (χ0) is 25.4. The van der Waals surface area contributed by atoms with Crippen LogP contribution < -0.4 is 24.3 Å². The number of anilines is 1. The molecule has 0 unspecified atom stereocenters. The Hall–Kier alpha value is -3.61. The molecule has 35 heavy (non-hydrogen) atoms. The van der Waals surface area contributed by atoms with Gasteiger partial charge in [-0.15, -0.1) is 0 Å². The second kappa shape index (κ2) is 12.2. The molecule has 0 aromatic heterocycles. The van der Waals surface area contributed by atoms with Gasteiger partial charge in [0.05, 0.1) is 33.5 Å². The molecule has 3 rings (SSSR count). The fourth-order valence-electron chi connectivity index (χ4n) is 3.32. The molecule has 0 aliphatic heterocycles. The number of ketones is 1. The molecule has 0 radical (unpaired) electrons. The number of hydrogen-bond donors (Lipinski definition) is 1. The molecule has 3 aromatic rings. The summed E-state index contributed by atoms with van der Waals surface area (Å²) in [7, 11) is 6.22. The molecular formula is C27H25Cl2NO5. The average Bonchev–Trinajstić information content (AvgIpc) is 2.87. The quantitative estimate of drug-likeness (QED) is 0.178. The highest BCUT2D eigenvalue weighted by Crippen LogP contribution is 2.39. The van der Waals surface area contributed by atoms with Gasteiger partial charge in [0.25, 0.3) is 0 Å². The summed E-state index contributed by atoms with van der Waals surface area (Å²) in [6, 6.07) is 14.0. The third-order valence-electron chi connectivity index (χ3n) is 5.05. The van der Waals surface area contributed by atoms with Crippen molar-refractivity contribution in [1.82, 2.24) is 0 Å². The molecule has 8 heteroatoms. The Labute approximate surface area is 214 Å². The number of methoxy groups -OCH3 is 4. The van der Waals surface area contributed by atoms with Gasteiger partial charge in [-0.2, -0.15) is 0 Å². The summed E-state index contributed by atoms with van der Waals surface area (Å²) in [5.41, 5.74) is 2.77. The molecule has 182 valence electrons. The monoisotopic (exact) mass is 513 g/mol. The number of carbonyl (C=O) groups is 1. The minimum atomic E-state index is -0.185. The van der Waals surface area contributed by atoms with Gasteiger partial charge in [-0.1, -0.05) is 47.5 Å². The van der Waals surface area contributed by atoms with Crippen LogP contribution in [0.5, 0.6) is 23.0 Å². The molecular weight excluding hydrogens is 489 g/mol. The molecule has 0 fully saturated rings. The van der Waals surface area contributed by atoms with Crippen molar-refractivity contribution in [1.29, 1.82) is 0 Å². The van der Waals surface area contributed by atoms with E-state index in [1.807, 2.05) is 24.3 Å². The smallest absolute Gasteiger partial charge is 0.203 e. The van der Waals surface area contributed by atoms with Crippen molar-refractivity contribution in [2.75, 3.05) is 33.8 Å². The molecule has 1 N–H and O–H groups in total. The zero-order valence-corrected chi connectivity index (χ0v) is 21.2. The van der Waals surface area contributed by atoms with Crippen LogP contribution in [0, 0.1) is 0 Å². The van der Waals surface area contributed by atoms with Gasteiger partial charge in [0.1, 0.15) is 5.75 Å². The van der Waals surface area contributed by atoms with Gasteiger partial charge in [0, 0.05) is 34.6 Å². The third-order valence-corrected chi connectivity index (χ3v) is 5.58. The van der Waals surface area contributed by atoms with Crippen molar-refractivity contribution in [2.45, 2.75) is 0 Å². The van der Waals surface area contributed by atoms with Crippen LogP contribution in [0.25, 0.3) is 12.2 Å². The topological polar surface area (TPSA) is 66.0 Å². The second-order valence-corrected chi connectivity index (χ2v) is 8.06. The fraction of sp³-hybridized carbons (Fsp3) is 0.148. The average molecular weight is 514 g/mol. The van der Waals surface area contributed by atoms with E-state index in [9.17, 15) is 4.79 Å². The first-order valence-corrected chi connectivity index (χ1v) is 11.2. The summed E-state index contributed by atoms with van der Waals surface area (Å²) in [4.78, 5) is 12.5. The Morgan fingerprint density at radius 1 is 0.829 bits per heavy atom. The lowest BCUT2D eigenvalue weighted by Crippen LogP contribution is -1.98. The molecule has 0 aliphatic rings. The van der Waals surface area contributed by atoms with Crippen LogP contribution in [0.2, 0.25) is 10.0 Å². The van der Waals surface area contributed by atoms with Crippen LogP contribution in [0.1, 0.15) is 21.5 Å². The predicted octanol–water partition coefficient (Wildman–Crippen LogP) is 7.01. The van der Waals surface area contributed by atoms with Crippen molar-refractivity contribution in [3.05, 3.63) is 87.5 Å². The number of benzene rings is 3. The maximum Gasteiger partial charge on any atom is 0.203 e. The lowest BCUT2D eigenvalue weighted by atomic mass is 10.1. The molecule has 0 spiro atoms. The van der Waals surface area contributed by atoms with Crippen LogP contribution in [-0.4, -0.2) is 34.2 Å². The number of hydrogen-bond acceptors (Lipinski definition) is 6. The summed E-state index contributed by atoms with van der Waals surface area (Å²) < 4.78 is 21.6. The number of nitrogens with one attached hydrogen (secondary N) is 1. The number of ether oxygens (including phenoxy) is 4. The van der Waals surface area contributed by atoms with Crippen molar-refractivity contribution in [3.8, 4) is 23.0 Å². The van der Waals surface area contributed by atoms with Crippen LogP contribution >= 0.6 is 23.2 Å². The number of carbonyl (C=O) groups excluding carboxylic acids is 1. The lowest BCUT2D eigenvalue weighted by molar-refractivity contribution is 0.104. The van der Waals surface area contributed by atoms with E-state index < -0.39 is 0 Å². The molecule has 0 saturated carbocycles. The Kier molecular flexibility index (Phi) is 9.06. The zero-order valence-electron chi connectivity index (χ0n) is 19.7. The molecule has 0 aliphatic carbocycles. The van der Waals surface area contributed by atoms with Crippen LogP contribution in [0.15, 0.2) is 60.8 Å². The number of allylic oxidation sites excluding steroid dienone is 1. The lowest BCUT2D eigenvalue weighted by Gasteiger charge is -2.13. The van der Waals surface area contributed by atoms with Gasteiger partial charge in [0.2, 0.25) is 5.75 Å². The van der Waals surface area contributed by atoms with Crippen molar-refractivity contribution >= 4 is 46.8 Å². The Morgan fingerprint density at radius 2 is 1.51 bits per heavy atom. The van der Waals surface area contributed by atoms with E-state index in [4.69, 9.17) is 42.1 Å². The normalized spacial score (nSPS) is 11.0. The van der Waals surface area contributed by atoms with Crippen LogP contribution in [-0.2, 0) is 0 Å². The summed E-state index contributed by atoms with van der Waals surface area (Å²) in [6.07, 6.45) is 6.75. The summed E-state index contributed by atoms with van der Waals surface area (Å²) in [5.74, 6) is 1.90. The van der Waals surface area contributed by atoms with Crippen LogP contribution in [0.4, 0.5) is 5.69 Å². The molecule has 0 bridgehead atoms. The van der Waals surface area contributed by atoms with Gasteiger partial charge in [-0.25, -0.2) is 0 Å².